The number of alkyl halides is 3. The zero-order valence-corrected chi connectivity index (χ0v) is 13.0. The number of carbonyl (C=O) groups excluding carboxylic acids is 1. The maximum absolute atomic E-state index is 12.7. The number of amides is 1. The molecule has 0 aliphatic rings. The first-order chi connectivity index (χ1) is 10.4. The lowest BCUT2D eigenvalue weighted by molar-refractivity contribution is -0.137. The van der Waals surface area contributed by atoms with Gasteiger partial charge in [0, 0.05) is 0 Å². The molecule has 0 bridgehead atoms. The molecular formula is C15H20F3NO4. The van der Waals surface area contributed by atoms with Gasteiger partial charge in [-0.2, -0.15) is 13.2 Å². The standard InChI is InChI=1S/C15H20F3NO4/c1-14(2,3)23-13(22)19-11(8-20)12(21)9-5-4-6-10(7-9)15(16,17)18/h4-7,11-12,20-21H,8H2,1-3H3,(H,19,22)/t11-,12-/m1/s1. The van der Waals surface area contributed by atoms with Crippen LogP contribution in [-0.4, -0.2) is 34.6 Å². The van der Waals surface area contributed by atoms with Crippen molar-refractivity contribution < 1.29 is 32.9 Å². The van der Waals surface area contributed by atoms with Gasteiger partial charge in [-0.3, -0.25) is 0 Å². The number of rotatable bonds is 4. The molecule has 0 aliphatic heterocycles. The number of aliphatic hydroxyl groups is 2. The monoisotopic (exact) mass is 335 g/mol. The summed E-state index contributed by atoms with van der Waals surface area (Å²) in [6, 6.07) is 2.85. The Labute approximate surface area is 132 Å². The van der Waals surface area contributed by atoms with Crippen LogP contribution in [0, 0.1) is 0 Å². The summed E-state index contributed by atoms with van der Waals surface area (Å²) in [5.41, 5.74) is -1.79. The molecule has 5 nitrogen and oxygen atoms in total. The van der Waals surface area contributed by atoms with Gasteiger partial charge in [-0.05, 0) is 38.5 Å². The fraction of sp³-hybridized carbons (Fsp3) is 0.533. The van der Waals surface area contributed by atoms with Crippen molar-refractivity contribution in [2.24, 2.45) is 0 Å². The Balaban J connectivity index is 2.88. The van der Waals surface area contributed by atoms with Crippen molar-refractivity contribution in [1.29, 1.82) is 0 Å². The van der Waals surface area contributed by atoms with Gasteiger partial charge < -0.3 is 20.3 Å². The molecule has 3 N–H and O–H groups in total. The van der Waals surface area contributed by atoms with Crippen molar-refractivity contribution in [3.8, 4) is 0 Å². The highest BCUT2D eigenvalue weighted by Crippen LogP contribution is 2.31. The Morgan fingerprint density at radius 3 is 2.39 bits per heavy atom. The Hall–Kier alpha value is -1.80. The minimum absolute atomic E-state index is 0.0741. The van der Waals surface area contributed by atoms with Gasteiger partial charge in [-0.25, -0.2) is 4.79 Å². The summed E-state index contributed by atoms with van der Waals surface area (Å²) in [4.78, 5) is 11.7. The smallest absolute Gasteiger partial charge is 0.416 e. The summed E-state index contributed by atoms with van der Waals surface area (Å²) in [5.74, 6) is 0. The molecule has 2 atom stereocenters. The van der Waals surface area contributed by atoms with Crippen molar-refractivity contribution in [2.45, 2.75) is 44.7 Å². The van der Waals surface area contributed by atoms with E-state index in [-0.39, 0.29) is 5.56 Å². The second kappa shape index (κ2) is 7.18. The van der Waals surface area contributed by atoms with E-state index in [1.807, 2.05) is 0 Å². The molecule has 8 heteroatoms. The Bertz CT molecular complexity index is 540. The normalized spacial score (nSPS) is 15.0. The van der Waals surface area contributed by atoms with Crippen molar-refractivity contribution in [3.05, 3.63) is 35.4 Å². The number of carbonyl (C=O) groups is 1. The van der Waals surface area contributed by atoms with E-state index in [0.29, 0.717) is 0 Å². The fourth-order valence-electron chi connectivity index (χ4n) is 1.81. The highest BCUT2D eigenvalue weighted by atomic mass is 19.4. The second-order valence-corrected chi connectivity index (χ2v) is 6.00. The number of ether oxygens (including phenoxy) is 1. The molecule has 1 amide bonds. The summed E-state index contributed by atoms with van der Waals surface area (Å²) in [5, 5.41) is 21.6. The molecule has 0 spiro atoms. The van der Waals surface area contributed by atoms with E-state index in [1.54, 1.807) is 20.8 Å². The van der Waals surface area contributed by atoms with E-state index in [1.165, 1.54) is 6.07 Å². The van der Waals surface area contributed by atoms with Crippen LogP contribution in [0.2, 0.25) is 0 Å². The molecule has 0 fully saturated rings. The van der Waals surface area contributed by atoms with Crippen LogP contribution >= 0.6 is 0 Å². The van der Waals surface area contributed by atoms with E-state index in [9.17, 15) is 28.2 Å². The molecule has 0 aromatic heterocycles. The average molecular weight is 335 g/mol. The van der Waals surface area contributed by atoms with Crippen molar-refractivity contribution in [1.82, 2.24) is 5.32 Å². The molecule has 130 valence electrons. The van der Waals surface area contributed by atoms with Crippen LogP contribution in [0.3, 0.4) is 0 Å². The third-order valence-electron chi connectivity index (χ3n) is 2.84. The molecule has 0 radical (unpaired) electrons. The van der Waals surface area contributed by atoms with Crippen LogP contribution in [-0.2, 0) is 10.9 Å². The van der Waals surface area contributed by atoms with E-state index in [4.69, 9.17) is 4.74 Å². The predicted octanol–water partition coefficient (Wildman–Crippen LogP) is 2.62. The Morgan fingerprint density at radius 1 is 1.30 bits per heavy atom. The van der Waals surface area contributed by atoms with E-state index < -0.39 is 42.2 Å². The predicted molar refractivity (Wildman–Crippen MR) is 76.6 cm³/mol. The molecule has 1 aromatic carbocycles. The minimum atomic E-state index is -4.55. The van der Waals surface area contributed by atoms with E-state index in [2.05, 4.69) is 5.32 Å². The molecule has 1 aromatic rings. The maximum atomic E-state index is 12.7. The average Bonchev–Trinajstić information content (AvgIpc) is 2.41. The van der Waals surface area contributed by atoms with Gasteiger partial charge in [-0.1, -0.05) is 12.1 Å². The topological polar surface area (TPSA) is 78.8 Å². The third kappa shape index (κ3) is 6.07. The molecule has 0 heterocycles. The van der Waals surface area contributed by atoms with Crippen LogP contribution in [0.15, 0.2) is 24.3 Å². The van der Waals surface area contributed by atoms with Crippen LogP contribution in [0.1, 0.15) is 38.0 Å². The van der Waals surface area contributed by atoms with E-state index in [0.717, 1.165) is 18.2 Å². The van der Waals surface area contributed by atoms with Crippen LogP contribution in [0.25, 0.3) is 0 Å². The summed E-state index contributed by atoms with van der Waals surface area (Å²) >= 11 is 0. The summed E-state index contributed by atoms with van der Waals surface area (Å²) in [7, 11) is 0. The zero-order chi connectivity index (χ0) is 17.8. The van der Waals surface area contributed by atoms with Gasteiger partial charge in [-0.15, -0.1) is 0 Å². The molecule has 23 heavy (non-hydrogen) atoms. The van der Waals surface area contributed by atoms with E-state index >= 15 is 0 Å². The van der Waals surface area contributed by atoms with Gasteiger partial charge in [0.1, 0.15) is 11.7 Å². The third-order valence-corrected chi connectivity index (χ3v) is 2.84. The largest absolute Gasteiger partial charge is 0.444 e. The molecule has 0 saturated heterocycles. The quantitative estimate of drug-likeness (QED) is 0.790. The van der Waals surface area contributed by atoms with Gasteiger partial charge in [0.05, 0.1) is 18.2 Å². The molecular weight excluding hydrogens is 315 g/mol. The minimum Gasteiger partial charge on any atom is -0.444 e. The Kier molecular flexibility index (Phi) is 6.01. The number of benzene rings is 1. The van der Waals surface area contributed by atoms with Crippen molar-refractivity contribution >= 4 is 6.09 Å². The molecule has 0 unspecified atom stereocenters. The van der Waals surface area contributed by atoms with Gasteiger partial charge >= 0.3 is 12.3 Å². The first-order valence-electron chi connectivity index (χ1n) is 6.89. The highest BCUT2D eigenvalue weighted by molar-refractivity contribution is 5.68. The number of aliphatic hydroxyl groups excluding tert-OH is 2. The fourth-order valence-corrected chi connectivity index (χ4v) is 1.81. The maximum Gasteiger partial charge on any atom is 0.416 e. The van der Waals surface area contributed by atoms with Gasteiger partial charge in [0.25, 0.3) is 0 Å². The molecule has 0 saturated carbocycles. The molecule has 0 aliphatic carbocycles. The Morgan fingerprint density at radius 2 is 1.91 bits per heavy atom. The van der Waals surface area contributed by atoms with Crippen LogP contribution in [0.4, 0.5) is 18.0 Å². The second-order valence-electron chi connectivity index (χ2n) is 6.00. The lowest BCUT2D eigenvalue weighted by Crippen LogP contribution is -2.44. The number of hydrogen-bond acceptors (Lipinski definition) is 4. The van der Waals surface area contributed by atoms with Crippen LogP contribution in [0.5, 0.6) is 0 Å². The number of hydrogen-bond donors (Lipinski definition) is 3. The zero-order valence-electron chi connectivity index (χ0n) is 13.0. The SMILES string of the molecule is CC(C)(C)OC(=O)N[C@H](CO)[C@H](O)c1cccc(C(F)(F)F)c1. The lowest BCUT2D eigenvalue weighted by Gasteiger charge is -2.26. The van der Waals surface area contributed by atoms with Crippen molar-refractivity contribution in [3.63, 3.8) is 0 Å². The number of halogens is 3. The first-order valence-corrected chi connectivity index (χ1v) is 6.89. The summed E-state index contributed by atoms with van der Waals surface area (Å²) in [6.45, 7) is 4.22. The lowest BCUT2D eigenvalue weighted by atomic mass is 10.0. The summed E-state index contributed by atoms with van der Waals surface area (Å²) < 4.78 is 43.1. The van der Waals surface area contributed by atoms with Gasteiger partial charge in [0.2, 0.25) is 0 Å². The van der Waals surface area contributed by atoms with Crippen LogP contribution < -0.4 is 5.32 Å². The first kappa shape index (κ1) is 19.2. The van der Waals surface area contributed by atoms with Crippen molar-refractivity contribution in [2.75, 3.05) is 6.61 Å². The van der Waals surface area contributed by atoms with Gasteiger partial charge in [0.15, 0.2) is 0 Å². The number of nitrogens with one attached hydrogen (secondary N) is 1. The molecule has 1 rings (SSSR count). The number of alkyl carbamates (subject to hydrolysis) is 1. The highest BCUT2D eigenvalue weighted by Gasteiger charge is 2.32. The summed E-state index contributed by atoms with van der Waals surface area (Å²) in [6.07, 6.45) is -6.96.